The highest BCUT2D eigenvalue weighted by Gasteiger charge is 2.20. The Morgan fingerprint density at radius 3 is 2.43 bits per heavy atom. The van der Waals surface area contributed by atoms with Crippen LogP contribution in [0.4, 0.5) is 5.82 Å². The number of aromatic amines is 1. The number of rotatable bonds is 3. The van der Waals surface area contributed by atoms with Crippen molar-refractivity contribution in [3.05, 3.63) is 56.3 Å². The molecule has 0 aliphatic heterocycles. The highest BCUT2D eigenvalue weighted by atomic mass is 35.5. The van der Waals surface area contributed by atoms with E-state index >= 15 is 0 Å². The Hall–Kier alpha value is -2.80. The number of pyridine rings is 1. The summed E-state index contributed by atoms with van der Waals surface area (Å²) in [7, 11) is 0. The monoisotopic (exact) mass is 307 g/mol. The quantitative estimate of drug-likeness (QED) is 0.616. The molecule has 1 aromatic carbocycles. The number of nitrogens with two attached hydrogens (primary N) is 2. The van der Waals surface area contributed by atoms with E-state index in [4.69, 9.17) is 23.1 Å². The number of carbonyl (C=O) groups is 2. The molecule has 108 valence electrons. The molecule has 21 heavy (non-hydrogen) atoms. The van der Waals surface area contributed by atoms with Crippen LogP contribution in [0.2, 0.25) is 5.02 Å². The highest BCUT2D eigenvalue weighted by Crippen LogP contribution is 2.24. The standard InChI is InChI=1S/C13H10ClN3O4/c14-5-1-2-9(18)6(3-5)10(19)7-4-8(12(16)20)11(15)17-13(7)21/h1-4,18H,(H2,16,20)(H3,15,17,21). The summed E-state index contributed by atoms with van der Waals surface area (Å²) in [5.41, 5.74) is 9.00. The van der Waals surface area contributed by atoms with Gasteiger partial charge in [-0.15, -0.1) is 0 Å². The summed E-state index contributed by atoms with van der Waals surface area (Å²) in [5.74, 6) is -2.28. The summed E-state index contributed by atoms with van der Waals surface area (Å²) in [5, 5.41) is 9.89. The summed E-state index contributed by atoms with van der Waals surface area (Å²) in [6, 6.07) is 4.80. The maximum Gasteiger partial charge on any atom is 0.260 e. The van der Waals surface area contributed by atoms with Gasteiger partial charge in [0.15, 0.2) is 0 Å². The number of phenolic OH excluding ortho intramolecular Hbond substituents is 1. The molecule has 6 N–H and O–H groups in total. The summed E-state index contributed by atoms with van der Waals surface area (Å²) >= 11 is 5.75. The zero-order valence-corrected chi connectivity index (χ0v) is 11.3. The fourth-order valence-corrected chi connectivity index (χ4v) is 1.92. The van der Waals surface area contributed by atoms with Crippen LogP contribution in [0.1, 0.15) is 26.3 Å². The predicted octanol–water partition coefficient (Wildman–Crippen LogP) is 0.646. The number of aromatic hydroxyl groups is 1. The fraction of sp³-hybridized carbons (Fsp3) is 0. The minimum absolute atomic E-state index is 0.173. The Morgan fingerprint density at radius 2 is 1.81 bits per heavy atom. The van der Waals surface area contributed by atoms with Gasteiger partial charge < -0.3 is 21.6 Å². The molecule has 0 saturated carbocycles. The lowest BCUT2D eigenvalue weighted by molar-refractivity contribution is 0.100. The lowest BCUT2D eigenvalue weighted by Crippen LogP contribution is -2.24. The fourth-order valence-electron chi connectivity index (χ4n) is 1.75. The van der Waals surface area contributed by atoms with E-state index in [1.807, 2.05) is 0 Å². The number of carbonyl (C=O) groups excluding carboxylic acids is 2. The van der Waals surface area contributed by atoms with E-state index < -0.39 is 17.2 Å². The average molecular weight is 308 g/mol. The van der Waals surface area contributed by atoms with Crippen molar-refractivity contribution >= 4 is 29.1 Å². The number of benzene rings is 1. The van der Waals surface area contributed by atoms with Crippen molar-refractivity contribution in [3.63, 3.8) is 0 Å². The minimum Gasteiger partial charge on any atom is -0.507 e. The number of ketones is 1. The van der Waals surface area contributed by atoms with Crippen LogP contribution in [0.3, 0.4) is 0 Å². The second kappa shape index (κ2) is 5.29. The van der Waals surface area contributed by atoms with Gasteiger partial charge in [0.25, 0.3) is 11.5 Å². The number of halogens is 1. The van der Waals surface area contributed by atoms with Crippen molar-refractivity contribution in [3.8, 4) is 5.75 Å². The minimum atomic E-state index is -0.895. The van der Waals surface area contributed by atoms with Crippen molar-refractivity contribution in [2.24, 2.45) is 5.73 Å². The smallest absolute Gasteiger partial charge is 0.260 e. The molecule has 1 amide bonds. The van der Waals surface area contributed by atoms with Crippen molar-refractivity contribution in [1.29, 1.82) is 0 Å². The van der Waals surface area contributed by atoms with E-state index in [2.05, 4.69) is 4.98 Å². The van der Waals surface area contributed by atoms with Gasteiger partial charge in [-0.1, -0.05) is 11.6 Å². The molecular formula is C13H10ClN3O4. The first-order valence-corrected chi connectivity index (χ1v) is 6.05. The molecule has 0 spiro atoms. The van der Waals surface area contributed by atoms with Gasteiger partial charge in [-0.2, -0.15) is 0 Å². The molecule has 0 unspecified atom stereocenters. The van der Waals surface area contributed by atoms with E-state index in [0.29, 0.717) is 0 Å². The molecule has 0 aliphatic carbocycles. The van der Waals surface area contributed by atoms with Gasteiger partial charge in [-0.3, -0.25) is 14.4 Å². The van der Waals surface area contributed by atoms with Gasteiger partial charge in [-0.05, 0) is 24.3 Å². The maximum absolute atomic E-state index is 12.3. The summed E-state index contributed by atoms with van der Waals surface area (Å²) in [6.07, 6.45) is 0. The van der Waals surface area contributed by atoms with Gasteiger partial charge in [0.1, 0.15) is 11.6 Å². The Kier molecular flexibility index (Phi) is 3.68. The first kappa shape index (κ1) is 14.6. The number of H-pyrrole nitrogens is 1. The van der Waals surface area contributed by atoms with Crippen molar-refractivity contribution < 1.29 is 14.7 Å². The van der Waals surface area contributed by atoms with E-state index in [1.165, 1.54) is 18.2 Å². The number of phenols is 1. The lowest BCUT2D eigenvalue weighted by Gasteiger charge is -2.07. The molecule has 2 aromatic rings. The normalized spacial score (nSPS) is 10.3. The summed E-state index contributed by atoms with van der Waals surface area (Å²) in [6.45, 7) is 0. The lowest BCUT2D eigenvalue weighted by atomic mass is 10.0. The number of hydrogen-bond acceptors (Lipinski definition) is 5. The summed E-state index contributed by atoms with van der Waals surface area (Å²) < 4.78 is 0. The van der Waals surface area contributed by atoms with Crippen molar-refractivity contribution in [2.45, 2.75) is 0 Å². The van der Waals surface area contributed by atoms with E-state index in [1.54, 1.807) is 0 Å². The van der Waals surface area contributed by atoms with Crippen LogP contribution in [0.5, 0.6) is 5.75 Å². The molecule has 0 fully saturated rings. The van der Waals surface area contributed by atoms with Crippen LogP contribution < -0.4 is 17.0 Å². The second-order valence-electron chi connectivity index (χ2n) is 4.19. The molecule has 1 heterocycles. The van der Waals surface area contributed by atoms with Crippen LogP contribution in [0.15, 0.2) is 29.1 Å². The van der Waals surface area contributed by atoms with Crippen LogP contribution in [0, 0.1) is 0 Å². The molecule has 2 rings (SSSR count). The van der Waals surface area contributed by atoms with Gasteiger partial charge in [0.05, 0.1) is 16.7 Å². The van der Waals surface area contributed by atoms with Crippen molar-refractivity contribution in [2.75, 3.05) is 5.73 Å². The number of nitrogen functional groups attached to an aromatic ring is 1. The van der Waals surface area contributed by atoms with Gasteiger partial charge in [0.2, 0.25) is 5.78 Å². The topological polar surface area (TPSA) is 139 Å². The average Bonchev–Trinajstić information content (AvgIpc) is 2.40. The zero-order chi connectivity index (χ0) is 15.7. The van der Waals surface area contributed by atoms with Gasteiger partial charge >= 0.3 is 0 Å². The highest BCUT2D eigenvalue weighted by molar-refractivity contribution is 6.31. The number of primary amides is 1. The Morgan fingerprint density at radius 1 is 1.14 bits per heavy atom. The molecular weight excluding hydrogens is 298 g/mol. The molecule has 0 bridgehead atoms. The molecule has 0 atom stereocenters. The number of nitrogens with one attached hydrogen (secondary N) is 1. The zero-order valence-electron chi connectivity index (χ0n) is 10.5. The first-order valence-electron chi connectivity index (χ1n) is 5.67. The number of anilines is 1. The predicted molar refractivity (Wildman–Crippen MR) is 76.5 cm³/mol. The SMILES string of the molecule is NC(=O)c1cc(C(=O)c2cc(Cl)ccc2O)c(=O)[nH]c1N. The first-order chi connectivity index (χ1) is 9.81. The number of amides is 1. The Labute approximate surface area is 123 Å². The molecule has 0 aliphatic rings. The van der Waals surface area contributed by atoms with Crippen LogP contribution in [-0.4, -0.2) is 21.8 Å². The second-order valence-corrected chi connectivity index (χ2v) is 4.63. The summed E-state index contributed by atoms with van der Waals surface area (Å²) in [4.78, 5) is 37.5. The Balaban J connectivity index is 2.64. The third-order valence-corrected chi connectivity index (χ3v) is 3.02. The van der Waals surface area contributed by atoms with Crippen LogP contribution in [-0.2, 0) is 0 Å². The number of hydrogen-bond donors (Lipinski definition) is 4. The van der Waals surface area contributed by atoms with E-state index in [9.17, 15) is 19.5 Å². The number of aromatic nitrogens is 1. The van der Waals surface area contributed by atoms with Crippen LogP contribution in [0.25, 0.3) is 0 Å². The molecule has 0 radical (unpaired) electrons. The van der Waals surface area contributed by atoms with Crippen molar-refractivity contribution in [1.82, 2.24) is 4.98 Å². The molecule has 7 nitrogen and oxygen atoms in total. The molecule has 1 aromatic heterocycles. The van der Waals surface area contributed by atoms with E-state index in [0.717, 1.165) is 6.07 Å². The van der Waals surface area contributed by atoms with E-state index in [-0.39, 0.29) is 33.3 Å². The van der Waals surface area contributed by atoms with Gasteiger partial charge in [0, 0.05) is 5.02 Å². The molecule has 0 saturated heterocycles. The van der Waals surface area contributed by atoms with Gasteiger partial charge in [-0.25, -0.2) is 0 Å². The largest absolute Gasteiger partial charge is 0.507 e. The third-order valence-electron chi connectivity index (χ3n) is 2.78. The maximum atomic E-state index is 12.3. The Bertz CT molecular complexity index is 814. The molecule has 8 heteroatoms. The third kappa shape index (κ3) is 2.72. The van der Waals surface area contributed by atoms with Crippen LogP contribution >= 0.6 is 11.6 Å².